The summed E-state index contributed by atoms with van der Waals surface area (Å²) in [6.07, 6.45) is 0. The van der Waals surface area contributed by atoms with E-state index in [1.54, 1.807) is 48.5 Å². The Labute approximate surface area is 170 Å². The number of hydrogen-bond acceptors (Lipinski definition) is 5. The number of carbonyl (C=O) groups is 1. The molecule has 0 fully saturated rings. The number of amides is 1. The van der Waals surface area contributed by atoms with Crippen LogP contribution in [-0.4, -0.2) is 17.9 Å². The smallest absolute Gasteiger partial charge is 0.269 e. The van der Waals surface area contributed by atoms with Gasteiger partial charge >= 0.3 is 0 Å². The van der Waals surface area contributed by atoms with E-state index in [0.717, 1.165) is 4.90 Å². The number of non-ortho nitro benzene ring substituents is 1. The molecule has 0 aliphatic heterocycles. The van der Waals surface area contributed by atoms with Crippen LogP contribution in [0.4, 0.5) is 11.4 Å². The second-order valence-electron chi connectivity index (χ2n) is 5.65. The first-order valence-corrected chi connectivity index (χ1v) is 9.33. The lowest BCUT2D eigenvalue weighted by Gasteiger charge is -2.13. The molecule has 142 valence electrons. The van der Waals surface area contributed by atoms with Gasteiger partial charge in [-0.2, -0.15) is 0 Å². The number of para-hydroxylation sites is 2. The maximum atomic E-state index is 12.9. The summed E-state index contributed by atoms with van der Waals surface area (Å²) >= 11 is 7.41. The molecule has 3 rings (SSSR count). The van der Waals surface area contributed by atoms with E-state index in [9.17, 15) is 14.9 Å². The second kappa shape index (κ2) is 8.77. The number of nitro benzene ring substituents is 1. The summed E-state index contributed by atoms with van der Waals surface area (Å²) in [5.74, 6) is 0.207. The molecule has 8 heteroatoms. The van der Waals surface area contributed by atoms with Crippen LogP contribution in [0.5, 0.6) is 5.75 Å². The minimum Gasteiger partial charge on any atom is -0.495 e. The standard InChI is InChI=1S/C20H15ClN2O4S/c1-27-18-5-3-2-4-17(18)22-20(24)16-12-13(21)6-11-19(16)28-15-9-7-14(8-10-15)23(25)26/h2-12H,1H3,(H,22,24). The van der Waals surface area contributed by atoms with E-state index in [2.05, 4.69) is 5.32 Å². The highest BCUT2D eigenvalue weighted by Crippen LogP contribution is 2.34. The monoisotopic (exact) mass is 414 g/mol. The van der Waals surface area contributed by atoms with E-state index in [1.807, 2.05) is 6.07 Å². The molecule has 0 bridgehead atoms. The Morgan fingerprint density at radius 3 is 2.50 bits per heavy atom. The molecular formula is C20H15ClN2O4S. The third-order valence-corrected chi connectivity index (χ3v) is 5.14. The fourth-order valence-electron chi connectivity index (χ4n) is 2.47. The van der Waals surface area contributed by atoms with Gasteiger partial charge in [0.05, 0.1) is 23.3 Å². The summed E-state index contributed by atoms with van der Waals surface area (Å²) in [5.41, 5.74) is 0.942. The molecule has 0 aromatic heterocycles. The molecule has 0 aliphatic rings. The minimum absolute atomic E-state index is 0.00888. The van der Waals surface area contributed by atoms with Crippen LogP contribution in [0.15, 0.2) is 76.5 Å². The van der Waals surface area contributed by atoms with Gasteiger partial charge in [-0.1, -0.05) is 35.5 Å². The predicted octanol–water partition coefficient (Wildman–Crippen LogP) is 5.66. The third-order valence-electron chi connectivity index (χ3n) is 3.82. The number of hydrogen-bond donors (Lipinski definition) is 1. The van der Waals surface area contributed by atoms with Gasteiger partial charge in [0.1, 0.15) is 5.75 Å². The Morgan fingerprint density at radius 1 is 1.11 bits per heavy atom. The number of halogens is 1. The molecule has 0 unspecified atom stereocenters. The number of rotatable bonds is 6. The molecule has 0 spiro atoms. The molecule has 28 heavy (non-hydrogen) atoms. The first-order chi connectivity index (χ1) is 13.5. The van der Waals surface area contributed by atoms with Crippen LogP contribution in [0, 0.1) is 10.1 Å². The molecule has 0 saturated carbocycles. The van der Waals surface area contributed by atoms with E-state index in [1.165, 1.54) is 31.0 Å². The van der Waals surface area contributed by atoms with Crippen LogP contribution in [0.25, 0.3) is 0 Å². The van der Waals surface area contributed by atoms with Gasteiger partial charge < -0.3 is 10.1 Å². The van der Waals surface area contributed by atoms with Crippen molar-refractivity contribution in [3.05, 3.63) is 87.4 Å². The highest BCUT2D eigenvalue weighted by Gasteiger charge is 2.16. The molecule has 0 radical (unpaired) electrons. The quantitative estimate of drug-likeness (QED) is 0.415. The number of nitrogens with zero attached hydrogens (tertiary/aromatic N) is 1. The average Bonchev–Trinajstić information content (AvgIpc) is 2.70. The Morgan fingerprint density at radius 2 is 1.82 bits per heavy atom. The van der Waals surface area contributed by atoms with E-state index < -0.39 is 4.92 Å². The Bertz CT molecular complexity index is 1020. The number of nitrogens with one attached hydrogen (secondary N) is 1. The summed E-state index contributed by atoms with van der Waals surface area (Å²) in [6, 6.07) is 18.2. The molecule has 0 heterocycles. The minimum atomic E-state index is -0.455. The summed E-state index contributed by atoms with van der Waals surface area (Å²) < 4.78 is 5.26. The van der Waals surface area contributed by atoms with Gasteiger partial charge in [-0.25, -0.2) is 0 Å². The average molecular weight is 415 g/mol. The van der Waals surface area contributed by atoms with Gasteiger partial charge in [0, 0.05) is 26.9 Å². The van der Waals surface area contributed by atoms with Crippen LogP contribution in [0.2, 0.25) is 5.02 Å². The highest BCUT2D eigenvalue weighted by molar-refractivity contribution is 7.99. The number of methoxy groups -OCH3 is 1. The van der Waals surface area contributed by atoms with Crippen molar-refractivity contribution < 1.29 is 14.5 Å². The van der Waals surface area contributed by atoms with Crippen molar-refractivity contribution in [1.82, 2.24) is 0 Å². The molecule has 0 atom stereocenters. The normalized spacial score (nSPS) is 10.4. The van der Waals surface area contributed by atoms with E-state index in [4.69, 9.17) is 16.3 Å². The third kappa shape index (κ3) is 4.62. The van der Waals surface area contributed by atoms with Crippen LogP contribution in [0.1, 0.15) is 10.4 Å². The van der Waals surface area contributed by atoms with E-state index in [-0.39, 0.29) is 11.6 Å². The molecular weight excluding hydrogens is 400 g/mol. The Balaban J connectivity index is 1.87. The second-order valence-corrected chi connectivity index (χ2v) is 7.20. The number of anilines is 1. The zero-order chi connectivity index (χ0) is 20.1. The topological polar surface area (TPSA) is 81.5 Å². The molecule has 3 aromatic carbocycles. The predicted molar refractivity (Wildman–Crippen MR) is 110 cm³/mol. The maximum absolute atomic E-state index is 12.9. The molecule has 6 nitrogen and oxygen atoms in total. The van der Waals surface area contributed by atoms with Gasteiger partial charge in [0.25, 0.3) is 11.6 Å². The maximum Gasteiger partial charge on any atom is 0.269 e. The van der Waals surface area contributed by atoms with Crippen molar-refractivity contribution in [2.45, 2.75) is 9.79 Å². The number of carbonyl (C=O) groups excluding carboxylic acids is 1. The molecule has 1 amide bonds. The van der Waals surface area contributed by atoms with Crippen LogP contribution in [0.3, 0.4) is 0 Å². The van der Waals surface area contributed by atoms with Crippen molar-refractivity contribution in [1.29, 1.82) is 0 Å². The Kier molecular flexibility index (Phi) is 6.18. The number of ether oxygens (including phenoxy) is 1. The van der Waals surface area contributed by atoms with Crippen molar-refractivity contribution in [2.24, 2.45) is 0 Å². The van der Waals surface area contributed by atoms with Crippen molar-refractivity contribution in [3.8, 4) is 5.75 Å². The molecule has 1 N–H and O–H groups in total. The van der Waals surface area contributed by atoms with Crippen LogP contribution >= 0.6 is 23.4 Å². The van der Waals surface area contributed by atoms with Gasteiger partial charge in [-0.05, 0) is 42.5 Å². The van der Waals surface area contributed by atoms with Gasteiger partial charge in [0.15, 0.2) is 0 Å². The Hall–Kier alpha value is -3.03. The number of benzene rings is 3. The zero-order valence-electron chi connectivity index (χ0n) is 14.7. The molecule has 0 aliphatic carbocycles. The van der Waals surface area contributed by atoms with Crippen molar-refractivity contribution in [2.75, 3.05) is 12.4 Å². The van der Waals surface area contributed by atoms with E-state index in [0.29, 0.717) is 26.9 Å². The summed E-state index contributed by atoms with van der Waals surface area (Å²) in [6.45, 7) is 0. The SMILES string of the molecule is COc1ccccc1NC(=O)c1cc(Cl)ccc1Sc1ccc([N+](=O)[O-])cc1. The van der Waals surface area contributed by atoms with Crippen molar-refractivity contribution >= 4 is 40.6 Å². The van der Waals surface area contributed by atoms with Crippen molar-refractivity contribution in [3.63, 3.8) is 0 Å². The largest absolute Gasteiger partial charge is 0.495 e. The summed E-state index contributed by atoms with van der Waals surface area (Å²) in [4.78, 5) is 24.6. The van der Waals surface area contributed by atoms with Crippen LogP contribution in [-0.2, 0) is 0 Å². The summed E-state index contributed by atoms with van der Waals surface area (Å²) in [5, 5.41) is 14.1. The lowest BCUT2D eigenvalue weighted by Crippen LogP contribution is -2.13. The lowest BCUT2D eigenvalue weighted by atomic mass is 10.2. The fraction of sp³-hybridized carbons (Fsp3) is 0.0500. The zero-order valence-corrected chi connectivity index (χ0v) is 16.3. The van der Waals surface area contributed by atoms with Gasteiger partial charge in [-0.3, -0.25) is 14.9 Å². The first kappa shape index (κ1) is 19.7. The first-order valence-electron chi connectivity index (χ1n) is 8.14. The van der Waals surface area contributed by atoms with Gasteiger partial charge in [-0.15, -0.1) is 0 Å². The summed E-state index contributed by atoms with van der Waals surface area (Å²) in [7, 11) is 1.53. The number of nitro groups is 1. The molecule has 3 aromatic rings. The van der Waals surface area contributed by atoms with Crippen LogP contribution < -0.4 is 10.1 Å². The van der Waals surface area contributed by atoms with E-state index >= 15 is 0 Å². The molecule has 0 saturated heterocycles. The fourth-order valence-corrected chi connectivity index (χ4v) is 3.56. The lowest BCUT2D eigenvalue weighted by molar-refractivity contribution is -0.384. The highest BCUT2D eigenvalue weighted by atomic mass is 35.5. The van der Waals surface area contributed by atoms with Gasteiger partial charge in [0.2, 0.25) is 0 Å².